The van der Waals surface area contributed by atoms with Crippen LogP contribution in [0.1, 0.15) is 22.3 Å². The van der Waals surface area contributed by atoms with Gasteiger partial charge in [0.15, 0.2) is 0 Å². The van der Waals surface area contributed by atoms with Crippen molar-refractivity contribution in [2.45, 2.75) is 13.3 Å². The summed E-state index contributed by atoms with van der Waals surface area (Å²) >= 11 is 0. The van der Waals surface area contributed by atoms with E-state index >= 15 is 0 Å². The predicted octanol–water partition coefficient (Wildman–Crippen LogP) is 3.76. The number of benzene rings is 2. The van der Waals surface area contributed by atoms with E-state index in [9.17, 15) is 14.7 Å². The number of aryl methyl sites for hydroxylation is 1. The Hall–Kier alpha value is -3.72. The molecule has 2 aromatic carbocycles. The van der Waals surface area contributed by atoms with E-state index in [1.165, 1.54) is 0 Å². The predicted molar refractivity (Wildman–Crippen MR) is 97.7 cm³/mol. The summed E-state index contributed by atoms with van der Waals surface area (Å²) in [5.74, 6) is -1.39. The Balaban J connectivity index is 2.00. The number of nitrogens with one attached hydrogen (secondary N) is 1. The average molecular weight is 345 g/mol. The zero-order chi connectivity index (χ0) is 18.7. The van der Waals surface area contributed by atoms with Crippen molar-refractivity contribution in [1.29, 1.82) is 5.26 Å². The highest BCUT2D eigenvalue weighted by Gasteiger charge is 2.13. The summed E-state index contributed by atoms with van der Waals surface area (Å²) in [7, 11) is 0. The van der Waals surface area contributed by atoms with E-state index in [0.717, 1.165) is 11.1 Å². The van der Waals surface area contributed by atoms with Crippen LogP contribution in [0.25, 0.3) is 22.2 Å². The van der Waals surface area contributed by atoms with Gasteiger partial charge in [-0.25, -0.2) is 9.78 Å². The van der Waals surface area contributed by atoms with Crippen molar-refractivity contribution in [3.05, 3.63) is 59.7 Å². The molecule has 0 aliphatic rings. The van der Waals surface area contributed by atoms with E-state index < -0.39 is 5.97 Å². The van der Waals surface area contributed by atoms with Gasteiger partial charge in [-0.2, -0.15) is 5.26 Å². The smallest absolute Gasteiger partial charge is 0.336 e. The molecule has 0 aliphatic carbocycles. The van der Waals surface area contributed by atoms with Gasteiger partial charge < -0.3 is 10.4 Å². The maximum atomic E-state index is 11.6. The minimum atomic E-state index is -1.01. The molecular weight excluding hydrogens is 330 g/mol. The molecule has 1 heterocycles. The zero-order valence-electron chi connectivity index (χ0n) is 14.0. The monoisotopic (exact) mass is 345 g/mol. The van der Waals surface area contributed by atoms with Crippen molar-refractivity contribution in [1.82, 2.24) is 4.98 Å². The van der Waals surface area contributed by atoms with Gasteiger partial charge >= 0.3 is 5.97 Å². The van der Waals surface area contributed by atoms with Crippen LogP contribution in [-0.4, -0.2) is 22.0 Å². The van der Waals surface area contributed by atoms with E-state index in [1.54, 1.807) is 42.5 Å². The van der Waals surface area contributed by atoms with Crippen LogP contribution in [0.3, 0.4) is 0 Å². The van der Waals surface area contributed by atoms with E-state index in [1.807, 2.05) is 19.1 Å². The number of rotatable bonds is 4. The Morgan fingerprint density at radius 3 is 2.54 bits per heavy atom. The molecule has 1 aromatic heterocycles. The zero-order valence-corrected chi connectivity index (χ0v) is 14.0. The van der Waals surface area contributed by atoms with Gasteiger partial charge in [-0.15, -0.1) is 0 Å². The molecule has 0 atom stereocenters. The third-order valence-electron chi connectivity index (χ3n) is 3.90. The van der Waals surface area contributed by atoms with Crippen molar-refractivity contribution in [2.75, 3.05) is 5.32 Å². The standard InChI is InChI=1S/C20H15N3O3/c1-12-2-7-17-15(10-12)16(20(25)26)11-18(23-17)13-3-5-14(6-4-13)22-19(24)8-9-21/h2-7,10-11H,8H2,1H3,(H,22,24)(H,25,26). The van der Waals surface area contributed by atoms with Gasteiger partial charge in [0.05, 0.1) is 22.8 Å². The van der Waals surface area contributed by atoms with E-state index in [-0.39, 0.29) is 17.9 Å². The number of nitrogens with zero attached hydrogens (tertiary/aromatic N) is 2. The summed E-state index contributed by atoms with van der Waals surface area (Å²) in [5, 5.41) is 21.3. The van der Waals surface area contributed by atoms with Crippen LogP contribution >= 0.6 is 0 Å². The summed E-state index contributed by atoms with van der Waals surface area (Å²) in [5.41, 5.74) is 3.59. The van der Waals surface area contributed by atoms with Crippen LogP contribution in [0.2, 0.25) is 0 Å². The molecule has 0 bridgehead atoms. The lowest BCUT2D eigenvalue weighted by atomic mass is 10.0. The second kappa shape index (κ2) is 7.03. The van der Waals surface area contributed by atoms with Gasteiger partial charge in [-0.05, 0) is 37.3 Å². The minimum Gasteiger partial charge on any atom is -0.478 e. The molecule has 6 heteroatoms. The number of anilines is 1. The highest BCUT2D eigenvalue weighted by molar-refractivity contribution is 6.04. The molecule has 0 saturated heterocycles. The first-order valence-corrected chi connectivity index (χ1v) is 7.90. The molecule has 3 rings (SSSR count). The lowest BCUT2D eigenvalue weighted by molar-refractivity contribution is -0.115. The quantitative estimate of drug-likeness (QED) is 0.749. The molecule has 1 amide bonds. The number of hydrogen-bond donors (Lipinski definition) is 2. The van der Waals surface area contributed by atoms with Crippen molar-refractivity contribution in [2.24, 2.45) is 0 Å². The number of nitriles is 1. The number of hydrogen-bond acceptors (Lipinski definition) is 4. The van der Waals surface area contributed by atoms with Crippen LogP contribution in [0, 0.1) is 18.3 Å². The van der Waals surface area contributed by atoms with Crippen molar-refractivity contribution in [3.8, 4) is 17.3 Å². The molecule has 6 nitrogen and oxygen atoms in total. The third-order valence-corrected chi connectivity index (χ3v) is 3.90. The molecular formula is C20H15N3O3. The van der Waals surface area contributed by atoms with Crippen LogP contribution in [-0.2, 0) is 4.79 Å². The molecule has 0 saturated carbocycles. The van der Waals surface area contributed by atoms with Crippen LogP contribution in [0.5, 0.6) is 0 Å². The van der Waals surface area contributed by atoms with E-state index in [0.29, 0.717) is 22.3 Å². The second-order valence-electron chi connectivity index (χ2n) is 5.84. The Labute approximate surface area is 149 Å². The molecule has 0 fully saturated rings. The molecule has 26 heavy (non-hydrogen) atoms. The summed E-state index contributed by atoms with van der Waals surface area (Å²) in [6.45, 7) is 1.90. The molecule has 128 valence electrons. The topological polar surface area (TPSA) is 103 Å². The minimum absolute atomic E-state index is 0.195. The molecule has 3 aromatic rings. The van der Waals surface area contributed by atoms with Gasteiger partial charge in [0.2, 0.25) is 5.91 Å². The maximum absolute atomic E-state index is 11.6. The molecule has 0 spiro atoms. The van der Waals surface area contributed by atoms with E-state index in [4.69, 9.17) is 5.26 Å². The van der Waals surface area contributed by atoms with Gasteiger partial charge in [-0.1, -0.05) is 23.8 Å². The Morgan fingerprint density at radius 2 is 1.88 bits per heavy atom. The fourth-order valence-electron chi connectivity index (χ4n) is 2.67. The third kappa shape index (κ3) is 3.52. The first-order valence-electron chi connectivity index (χ1n) is 7.90. The van der Waals surface area contributed by atoms with Crippen LogP contribution < -0.4 is 5.32 Å². The average Bonchev–Trinajstić information content (AvgIpc) is 2.61. The highest BCUT2D eigenvalue weighted by Crippen LogP contribution is 2.26. The summed E-state index contributed by atoms with van der Waals surface area (Å²) in [6, 6.07) is 15.7. The molecule has 0 aliphatic heterocycles. The number of carboxylic acids is 1. The molecule has 2 N–H and O–H groups in total. The number of carbonyl (C=O) groups is 2. The first kappa shape index (κ1) is 17.1. The van der Waals surface area contributed by atoms with Gasteiger partial charge in [0, 0.05) is 16.6 Å². The largest absolute Gasteiger partial charge is 0.478 e. The number of carbonyl (C=O) groups excluding carboxylic acids is 1. The Kier molecular flexibility index (Phi) is 4.63. The van der Waals surface area contributed by atoms with Crippen molar-refractivity contribution >= 4 is 28.5 Å². The number of amides is 1. The lowest BCUT2D eigenvalue weighted by Gasteiger charge is -2.09. The fraction of sp³-hybridized carbons (Fsp3) is 0.100. The Morgan fingerprint density at radius 1 is 1.15 bits per heavy atom. The number of aromatic carboxylic acids is 1. The first-order chi connectivity index (χ1) is 12.5. The van der Waals surface area contributed by atoms with Gasteiger partial charge in [0.1, 0.15) is 6.42 Å². The normalized spacial score (nSPS) is 10.3. The summed E-state index contributed by atoms with van der Waals surface area (Å²) in [6.07, 6.45) is -0.213. The lowest BCUT2D eigenvalue weighted by Crippen LogP contribution is -2.09. The second-order valence-corrected chi connectivity index (χ2v) is 5.84. The molecule has 0 radical (unpaired) electrons. The summed E-state index contributed by atoms with van der Waals surface area (Å²) in [4.78, 5) is 27.7. The number of carboxylic acid groups (broad SMARTS) is 1. The van der Waals surface area contributed by atoms with Crippen molar-refractivity contribution in [3.63, 3.8) is 0 Å². The van der Waals surface area contributed by atoms with Crippen LogP contribution in [0.15, 0.2) is 48.5 Å². The van der Waals surface area contributed by atoms with Crippen LogP contribution in [0.4, 0.5) is 5.69 Å². The number of pyridine rings is 1. The Bertz CT molecular complexity index is 1050. The fourth-order valence-corrected chi connectivity index (χ4v) is 2.67. The van der Waals surface area contributed by atoms with E-state index in [2.05, 4.69) is 10.3 Å². The summed E-state index contributed by atoms with van der Waals surface area (Å²) < 4.78 is 0. The maximum Gasteiger partial charge on any atom is 0.336 e. The number of aromatic nitrogens is 1. The van der Waals surface area contributed by atoms with Gasteiger partial charge in [0.25, 0.3) is 0 Å². The number of fused-ring (bicyclic) bond motifs is 1. The van der Waals surface area contributed by atoms with Gasteiger partial charge in [-0.3, -0.25) is 4.79 Å². The van der Waals surface area contributed by atoms with Crippen molar-refractivity contribution < 1.29 is 14.7 Å². The molecule has 0 unspecified atom stereocenters. The highest BCUT2D eigenvalue weighted by atomic mass is 16.4. The SMILES string of the molecule is Cc1ccc2nc(-c3ccc(NC(=O)CC#N)cc3)cc(C(=O)O)c2c1.